The van der Waals surface area contributed by atoms with Gasteiger partial charge in [-0.25, -0.2) is 4.39 Å². The van der Waals surface area contributed by atoms with Crippen LogP contribution in [0.4, 0.5) is 4.39 Å². The molecule has 0 N–H and O–H groups in total. The fourth-order valence-electron chi connectivity index (χ4n) is 4.12. The van der Waals surface area contributed by atoms with Gasteiger partial charge in [0.15, 0.2) is 0 Å². The fourth-order valence-corrected chi connectivity index (χ4v) is 4.12. The summed E-state index contributed by atoms with van der Waals surface area (Å²) in [6, 6.07) is 6.09. The van der Waals surface area contributed by atoms with E-state index in [4.69, 9.17) is 9.47 Å². The summed E-state index contributed by atoms with van der Waals surface area (Å²) in [5.74, 6) is -1.04. The molecule has 0 amide bonds. The summed E-state index contributed by atoms with van der Waals surface area (Å²) in [5, 5.41) is 0. The Morgan fingerprint density at radius 2 is 1.00 bits per heavy atom. The molecular formula is C30H49FO4. The molecule has 0 spiro atoms. The van der Waals surface area contributed by atoms with Crippen molar-refractivity contribution in [2.45, 2.75) is 129 Å². The number of carbonyl (C=O) groups excluding carboxylic acids is 2. The van der Waals surface area contributed by atoms with Crippen LogP contribution < -0.4 is 0 Å². The maximum atomic E-state index is 12.9. The van der Waals surface area contributed by atoms with Crippen molar-refractivity contribution < 1.29 is 23.5 Å². The zero-order valence-corrected chi connectivity index (χ0v) is 22.2. The summed E-state index contributed by atoms with van der Waals surface area (Å²) in [5.41, 5.74) is 0.900. The molecule has 0 unspecified atom stereocenters. The average Bonchev–Trinajstić information content (AvgIpc) is 2.86. The highest BCUT2D eigenvalue weighted by atomic mass is 19.1. The van der Waals surface area contributed by atoms with Gasteiger partial charge in [0.1, 0.15) is 5.82 Å². The van der Waals surface area contributed by atoms with E-state index in [0.717, 1.165) is 18.4 Å². The lowest BCUT2D eigenvalue weighted by molar-refractivity contribution is -0.150. The van der Waals surface area contributed by atoms with E-state index >= 15 is 0 Å². The van der Waals surface area contributed by atoms with Gasteiger partial charge in [0, 0.05) is 6.42 Å². The van der Waals surface area contributed by atoms with Crippen LogP contribution in [0, 0.1) is 5.82 Å². The first kappa shape index (κ1) is 31.1. The lowest BCUT2D eigenvalue weighted by Crippen LogP contribution is -2.12. The van der Waals surface area contributed by atoms with Crippen molar-refractivity contribution in [2.24, 2.45) is 0 Å². The minimum absolute atomic E-state index is 0.0290. The molecule has 0 saturated carbocycles. The Balaban J connectivity index is 1.80. The first-order valence-electron chi connectivity index (χ1n) is 14.2. The molecule has 0 bridgehead atoms. The second-order valence-corrected chi connectivity index (χ2v) is 9.62. The summed E-state index contributed by atoms with van der Waals surface area (Å²) in [4.78, 5) is 23.5. The van der Waals surface area contributed by atoms with Crippen molar-refractivity contribution >= 4 is 11.9 Å². The molecule has 0 heterocycles. The van der Waals surface area contributed by atoms with Gasteiger partial charge in [-0.3, -0.25) is 9.59 Å². The topological polar surface area (TPSA) is 52.6 Å². The molecule has 4 nitrogen and oxygen atoms in total. The molecule has 0 fully saturated rings. The van der Waals surface area contributed by atoms with Gasteiger partial charge in [-0.1, -0.05) is 115 Å². The number of hydrogen-bond acceptors (Lipinski definition) is 4. The van der Waals surface area contributed by atoms with E-state index in [1.807, 2.05) is 0 Å². The fraction of sp³-hybridized carbons (Fsp3) is 0.733. The summed E-state index contributed by atoms with van der Waals surface area (Å²) in [6.07, 6.45) is 21.6. The van der Waals surface area contributed by atoms with Gasteiger partial charge in [-0.2, -0.15) is 0 Å². The Hall–Kier alpha value is -1.91. The molecular weight excluding hydrogens is 443 g/mol. The van der Waals surface area contributed by atoms with Crippen molar-refractivity contribution in [2.75, 3.05) is 13.2 Å². The van der Waals surface area contributed by atoms with Crippen molar-refractivity contribution in [3.8, 4) is 0 Å². The zero-order valence-electron chi connectivity index (χ0n) is 22.2. The lowest BCUT2D eigenvalue weighted by Gasteiger charge is -2.06. The minimum atomic E-state index is -0.411. The van der Waals surface area contributed by atoms with Gasteiger partial charge in [-0.05, 0) is 24.1 Å². The summed E-state index contributed by atoms with van der Waals surface area (Å²) in [7, 11) is 0. The molecule has 0 atom stereocenters. The third-order valence-corrected chi connectivity index (χ3v) is 6.36. The van der Waals surface area contributed by atoms with E-state index in [1.54, 1.807) is 12.1 Å². The third kappa shape index (κ3) is 20.0. The number of ether oxygens (including phenoxy) is 2. The minimum Gasteiger partial charge on any atom is -0.466 e. The first-order chi connectivity index (χ1) is 17.1. The van der Waals surface area contributed by atoms with Crippen LogP contribution in [0.3, 0.4) is 0 Å². The molecule has 0 aliphatic carbocycles. The van der Waals surface area contributed by atoms with Gasteiger partial charge in [0.05, 0.1) is 26.1 Å². The molecule has 0 saturated heterocycles. The van der Waals surface area contributed by atoms with Crippen LogP contribution in [0.15, 0.2) is 24.3 Å². The molecule has 1 rings (SSSR count). The summed E-state index contributed by atoms with van der Waals surface area (Å²) < 4.78 is 23.2. The number of carbonyl (C=O) groups is 2. The Kier molecular flexibility index (Phi) is 20.0. The van der Waals surface area contributed by atoms with Gasteiger partial charge in [0.2, 0.25) is 0 Å². The predicted octanol–water partition coefficient (Wildman–Crippen LogP) is 8.50. The lowest BCUT2D eigenvalue weighted by atomic mass is 10.0. The summed E-state index contributed by atoms with van der Waals surface area (Å²) in [6.45, 7) is 2.92. The van der Waals surface area contributed by atoms with Crippen LogP contribution in [0.1, 0.15) is 128 Å². The van der Waals surface area contributed by atoms with Crippen molar-refractivity contribution in [1.82, 2.24) is 0 Å². The van der Waals surface area contributed by atoms with Crippen LogP contribution in [0.2, 0.25) is 0 Å². The molecule has 5 heteroatoms. The standard InChI is InChI=1S/C30H49FO4/c1-2-3-4-5-6-7-8-9-10-11-12-13-14-15-16-17-25-34-29(32)22-23-30(33)35-26-24-27-18-20-28(31)21-19-27/h18-21H,2-17,22-26H2,1H3. The van der Waals surface area contributed by atoms with Crippen molar-refractivity contribution in [1.29, 1.82) is 0 Å². The Morgan fingerprint density at radius 1 is 0.600 bits per heavy atom. The first-order valence-corrected chi connectivity index (χ1v) is 14.2. The van der Waals surface area contributed by atoms with Crippen molar-refractivity contribution in [3.63, 3.8) is 0 Å². The summed E-state index contributed by atoms with van der Waals surface area (Å²) >= 11 is 0. The number of hydrogen-bond donors (Lipinski definition) is 0. The highest BCUT2D eigenvalue weighted by molar-refractivity contribution is 5.77. The highest BCUT2D eigenvalue weighted by Gasteiger charge is 2.09. The maximum Gasteiger partial charge on any atom is 0.306 e. The molecule has 200 valence electrons. The molecule has 0 aliphatic heterocycles. The number of benzene rings is 1. The SMILES string of the molecule is CCCCCCCCCCCCCCCCCCOC(=O)CCC(=O)OCCc1ccc(F)cc1. The predicted molar refractivity (Wildman–Crippen MR) is 141 cm³/mol. The number of rotatable bonds is 23. The van der Waals surface area contributed by atoms with Crippen LogP contribution in [-0.4, -0.2) is 25.2 Å². The van der Waals surface area contributed by atoms with Crippen molar-refractivity contribution in [3.05, 3.63) is 35.6 Å². The highest BCUT2D eigenvalue weighted by Crippen LogP contribution is 2.14. The molecule has 35 heavy (non-hydrogen) atoms. The van der Waals surface area contributed by atoms with Gasteiger partial charge in [0.25, 0.3) is 0 Å². The number of esters is 2. The quantitative estimate of drug-likeness (QED) is 0.113. The van der Waals surface area contributed by atoms with Gasteiger partial charge in [-0.15, -0.1) is 0 Å². The van der Waals surface area contributed by atoms with E-state index in [9.17, 15) is 14.0 Å². The maximum absolute atomic E-state index is 12.9. The molecule has 1 aromatic rings. The van der Waals surface area contributed by atoms with Crippen LogP contribution >= 0.6 is 0 Å². The molecule has 1 aromatic carbocycles. The average molecular weight is 493 g/mol. The smallest absolute Gasteiger partial charge is 0.306 e. The Labute approximate surface area is 213 Å². The van der Waals surface area contributed by atoms with Gasteiger partial charge < -0.3 is 9.47 Å². The molecule has 0 radical (unpaired) electrons. The van der Waals surface area contributed by atoms with Crippen LogP contribution in [-0.2, 0) is 25.5 Å². The van der Waals surface area contributed by atoms with E-state index in [2.05, 4.69) is 6.92 Å². The molecule has 0 aliphatic rings. The van der Waals surface area contributed by atoms with Crippen LogP contribution in [0.25, 0.3) is 0 Å². The number of unbranched alkanes of at least 4 members (excludes halogenated alkanes) is 15. The Bertz CT molecular complexity index is 644. The van der Waals surface area contributed by atoms with E-state index < -0.39 is 5.97 Å². The van der Waals surface area contributed by atoms with Gasteiger partial charge >= 0.3 is 11.9 Å². The van der Waals surface area contributed by atoms with E-state index in [0.29, 0.717) is 13.0 Å². The molecule has 0 aromatic heterocycles. The largest absolute Gasteiger partial charge is 0.466 e. The Morgan fingerprint density at radius 3 is 1.46 bits per heavy atom. The second kappa shape index (κ2) is 22.5. The van der Waals surface area contributed by atoms with E-state index in [-0.39, 0.29) is 31.2 Å². The van der Waals surface area contributed by atoms with E-state index in [1.165, 1.54) is 102 Å². The monoisotopic (exact) mass is 492 g/mol. The normalized spacial score (nSPS) is 10.9. The second-order valence-electron chi connectivity index (χ2n) is 9.62. The third-order valence-electron chi connectivity index (χ3n) is 6.36. The zero-order chi connectivity index (χ0) is 25.4. The van der Waals surface area contributed by atoms with Crippen LogP contribution in [0.5, 0.6) is 0 Å². The number of halogens is 1.